The van der Waals surface area contributed by atoms with Gasteiger partial charge >= 0.3 is 0 Å². The number of hydrogen-bond donors (Lipinski definition) is 3. The SMILES string of the molecule is CNS(=O)(=O)c1cc(NC(=S)NC[C@@H]2CCCO2)ccc1C. The third kappa shape index (κ3) is 4.39. The fraction of sp³-hybridized carbons (Fsp3) is 0.500. The molecule has 1 aliphatic rings. The zero-order valence-electron chi connectivity index (χ0n) is 12.7. The molecule has 0 aliphatic carbocycles. The van der Waals surface area contributed by atoms with E-state index in [2.05, 4.69) is 15.4 Å². The van der Waals surface area contributed by atoms with Crippen molar-refractivity contribution in [1.82, 2.24) is 10.0 Å². The summed E-state index contributed by atoms with van der Waals surface area (Å²) < 4.78 is 31.7. The highest BCUT2D eigenvalue weighted by Crippen LogP contribution is 2.20. The molecule has 3 N–H and O–H groups in total. The third-order valence-electron chi connectivity index (χ3n) is 3.52. The average molecular weight is 343 g/mol. The molecule has 22 heavy (non-hydrogen) atoms. The molecule has 2 rings (SSSR count). The molecule has 6 nitrogen and oxygen atoms in total. The highest BCUT2D eigenvalue weighted by molar-refractivity contribution is 7.89. The van der Waals surface area contributed by atoms with Gasteiger partial charge in [-0.2, -0.15) is 0 Å². The van der Waals surface area contributed by atoms with Gasteiger partial charge in [0.05, 0.1) is 11.0 Å². The van der Waals surface area contributed by atoms with Crippen molar-refractivity contribution in [2.24, 2.45) is 0 Å². The first kappa shape index (κ1) is 17.1. The van der Waals surface area contributed by atoms with E-state index in [-0.39, 0.29) is 11.0 Å². The van der Waals surface area contributed by atoms with Crippen LogP contribution < -0.4 is 15.4 Å². The molecule has 1 heterocycles. The van der Waals surface area contributed by atoms with Gasteiger partial charge in [0.15, 0.2) is 5.11 Å². The maximum Gasteiger partial charge on any atom is 0.240 e. The van der Waals surface area contributed by atoms with Gasteiger partial charge in [-0.15, -0.1) is 0 Å². The van der Waals surface area contributed by atoms with E-state index in [0.717, 1.165) is 19.4 Å². The van der Waals surface area contributed by atoms with Gasteiger partial charge in [-0.3, -0.25) is 0 Å². The summed E-state index contributed by atoms with van der Waals surface area (Å²) in [5, 5.41) is 6.54. The lowest BCUT2D eigenvalue weighted by atomic mass is 10.2. The van der Waals surface area contributed by atoms with Gasteiger partial charge in [-0.25, -0.2) is 13.1 Å². The molecule has 0 radical (unpaired) electrons. The molecule has 8 heteroatoms. The molecule has 0 spiro atoms. The molecule has 0 unspecified atom stereocenters. The first-order valence-corrected chi connectivity index (χ1v) is 9.02. The van der Waals surface area contributed by atoms with E-state index in [1.54, 1.807) is 25.1 Å². The van der Waals surface area contributed by atoms with Crippen LogP contribution in [0.4, 0.5) is 5.69 Å². The summed E-state index contributed by atoms with van der Waals surface area (Å²) in [5.74, 6) is 0. The average Bonchev–Trinajstić information content (AvgIpc) is 3.00. The van der Waals surface area contributed by atoms with Crippen LogP contribution in [0.3, 0.4) is 0 Å². The molecule has 0 bridgehead atoms. The molecule has 1 aromatic carbocycles. The van der Waals surface area contributed by atoms with Crippen LogP contribution >= 0.6 is 12.2 Å². The normalized spacial score (nSPS) is 18.2. The quantitative estimate of drug-likeness (QED) is 0.701. The molecular formula is C14H21N3O3S2. The Hall–Kier alpha value is -1.22. The number of sulfonamides is 1. The molecule has 1 saturated heterocycles. The van der Waals surface area contributed by atoms with Crippen LogP contribution in [0.2, 0.25) is 0 Å². The monoisotopic (exact) mass is 343 g/mol. The molecule has 1 fully saturated rings. The summed E-state index contributed by atoms with van der Waals surface area (Å²) in [4.78, 5) is 0.238. The second-order valence-corrected chi connectivity index (χ2v) is 7.42. The van der Waals surface area contributed by atoms with Crippen LogP contribution in [0.1, 0.15) is 18.4 Å². The minimum absolute atomic E-state index is 0.193. The first-order chi connectivity index (χ1) is 10.4. The highest BCUT2D eigenvalue weighted by Gasteiger charge is 2.17. The summed E-state index contributed by atoms with van der Waals surface area (Å²) in [6.45, 7) is 3.21. The van der Waals surface area contributed by atoms with E-state index in [4.69, 9.17) is 17.0 Å². The van der Waals surface area contributed by atoms with Crippen LogP contribution in [0.5, 0.6) is 0 Å². The van der Waals surface area contributed by atoms with E-state index in [0.29, 0.717) is 22.9 Å². The Kier molecular flexibility index (Phi) is 5.74. The number of rotatable bonds is 5. The van der Waals surface area contributed by atoms with Crippen molar-refractivity contribution >= 4 is 33.0 Å². The zero-order valence-corrected chi connectivity index (χ0v) is 14.3. The molecule has 0 saturated carbocycles. The second kappa shape index (κ2) is 7.36. The van der Waals surface area contributed by atoms with Crippen molar-refractivity contribution in [3.8, 4) is 0 Å². The van der Waals surface area contributed by atoms with E-state index in [9.17, 15) is 8.42 Å². The predicted octanol–water partition coefficient (Wildman–Crippen LogP) is 1.37. The maximum atomic E-state index is 12.0. The minimum Gasteiger partial charge on any atom is -0.376 e. The van der Waals surface area contributed by atoms with Gasteiger partial charge in [-0.1, -0.05) is 6.07 Å². The van der Waals surface area contributed by atoms with Crippen LogP contribution in [0.15, 0.2) is 23.1 Å². The van der Waals surface area contributed by atoms with Gasteiger partial charge < -0.3 is 15.4 Å². The van der Waals surface area contributed by atoms with Gasteiger partial charge in [-0.05, 0) is 56.7 Å². The summed E-state index contributed by atoms with van der Waals surface area (Å²) in [6.07, 6.45) is 2.30. The molecule has 1 aliphatic heterocycles. The van der Waals surface area contributed by atoms with E-state index >= 15 is 0 Å². The van der Waals surface area contributed by atoms with Crippen LogP contribution in [-0.4, -0.2) is 39.8 Å². The fourth-order valence-corrected chi connectivity index (χ4v) is 3.46. The fourth-order valence-electron chi connectivity index (χ4n) is 2.26. The molecule has 122 valence electrons. The van der Waals surface area contributed by atoms with Gasteiger partial charge in [0.2, 0.25) is 10.0 Å². The molecule has 1 atom stereocenters. The summed E-state index contributed by atoms with van der Waals surface area (Å²) in [7, 11) is -2.09. The summed E-state index contributed by atoms with van der Waals surface area (Å²) in [6, 6.07) is 5.11. The van der Waals surface area contributed by atoms with E-state index < -0.39 is 10.0 Å². The Morgan fingerprint density at radius 2 is 2.23 bits per heavy atom. The van der Waals surface area contributed by atoms with Crippen molar-refractivity contribution < 1.29 is 13.2 Å². The van der Waals surface area contributed by atoms with Crippen molar-refractivity contribution in [3.63, 3.8) is 0 Å². The topological polar surface area (TPSA) is 79.5 Å². The van der Waals surface area contributed by atoms with E-state index in [1.165, 1.54) is 7.05 Å². The number of ether oxygens (including phenoxy) is 1. The Bertz CT molecular complexity index is 641. The van der Waals surface area contributed by atoms with Crippen LogP contribution in [0.25, 0.3) is 0 Å². The van der Waals surface area contributed by atoms with Crippen LogP contribution in [0, 0.1) is 6.92 Å². The Balaban J connectivity index is 2.00. The number of thiocarbonyl (C=S) groups is 1. The standard InChI is InChI=1S/C14H21N3O3S2/c1-10-5-6-11(8-13(10)22(18,19)15-2)17-14(21)16-9-12-4-3-7-20-12/h5-6,8,12,15H,3-4,7,9H2,1-2H3,(H2,16,17,21)/t12-/m0/s1. The van der Waals surface area contributed by atoms with Gasteiger partial charge in [0, 0.05) is 18.8 Å². The Morgan fingerprint density at radius 3 is 2.86 bits per heavy atom. The highest BCUT2D eigenvalue weighted by atomic mass is 32.2. The molecule has 0 amide bonds. The number of nitrogens with one attached hydrogen (secondary N) is 3. The Morgan fingerprint density at radius 1 is 1.45 bits per heavy atom. The zero-order chi connectivity index (χ0) is 16.2. The van der Waals surface area contributed by atoms with Gasteiger partial charge in [0.1, 0.15) is 0 Å². The number of hydrogen-bond acceptors (Lipinski definition) is 4. The molecular weight excluding hydrogens is 322 g/mol. The van der Waals surface area contributed by atoms with Gasteiger partial charge in [0.25, 0.3) is 0 Å². The van der Waals surface area contributed by atoms with Crippen molar-refractivity contribution in [2.75, 3.05) is 25.5 Å². The van der Waals surface area contributed by atoms with Crippen LogP contribution in [-0.2, 0) is 14.8 Å². The lowest BCUT2D eigenvalue weighted by Gasteiger charge is -2.15. The first-order valence-electron chi connectivity index (χ1n) is 7.13. The lowest BCUT2D eigenvalue weighted by molar-refractivity contribution is 0.114. The van der Waals surface area contributed by atoms with Crippen molar-refractivity contribution in [2.45, 2.75) is 30.8 Å². The number of aryl methyl sites for hydroxylation is 1. The van der Waals surface area contributed by atoms with E-state index in [1.807, 2.05) is 0 Å². The lowest BCUT2D eigenvalue weighted by Crippen LogP contribution is -2.34. The molecule has 1 aromatic rings. The van der Waals surface area contributed by atoms with Crippen molar-refractivity contribution in [1.29, 1.82) is 0 Å². The Labute approximate surface area is 136 Å². The smallest absolute Gasteiger partial charge is 0.240 e. The largest absolute Gasteiger partial charge is 0.376 e. The maximum absolute atomic E-state index is 12.0. The number of benzene rings is 1. The predicted molar refractivity (Wildman–Crippen MR) is 90.6 cm³/mol. The minimum atomic E-state index is -3.49. The second-order valence-electron chi connectivity index (χ2n) is 5.16. The summed E-state index contributed by atoms with van der Waals surface area (Å²) >= 11 is 5.23. The third-order valence-corrected chi connectivity index (χ3v) is 5.32. The number of anilines is 1. The molecule has 0 aromatic heterocycles. The van der Waals surface area contributed by atoms with Crippen molar-refractivity contribution in [3.05, 3.63) is 23.8 Å². The summed E-state index contributed by atoms with van der Waals surface area (Å²) in [5.41, 5.74) is 1.31.